The van der Waals surface area contributed by atoms with E-state index in [4.69, 9.17) is 15.2 Å². The molecule has 3 rings (SSSR count). The highest BCUT2D eigenvalue weighted by molar-refractivity contribution is 5.83. The van der Waals surface area contributed by atoms with Crippen molar-refractivity contribution in [3.8, 4) is 5.75 Å². The van der Waals surface area contributed by atoms with Crippen LogP contribution in [-0.4, -0.2) is 43.7 Å². The van der Waals surface area contributed by atoms with Gasteiger partial charge in [-0.1, -0.05) is 18.2 Å². The molecule has 1 fully saturated rings. The number of hydrogen-bond donors (Lipinski definition) is 1. The minimum atomic E-state index is -0.461. The molecule has 0 saturated carbocycles. The zero-order chi connectivity index (χ0) is 14.7. The molecule has 0 atom stereocenters. The Morgan fingerprint density at radius 2 is 2.00 bits per heavy atom. The van der Waals surface area contributed by atoms with Crippen molar-refractivity contribution < 1.29 is 14.3 Å². The van der Waals surface area contributed by atoms with Gasteiger partial charge in [0.05, 0.1) is 12.0 Å². The summed E-state index contributed by atoms with van der Waals surface area (Å²) in [5.41, 5.74) is 6.54. The molecule has 5 heteroatoms. The summed E-state index contributed by atoms with van der Waals surface area (Å²) >= 11 is 0. The van der Waals surface area contributed by atoms with E-state index in [9.17, 15) is 4.79 Å². The van der Waals surface area contributed by atoms with Gasteiger partial charge >= 0.3 is 0 Å². The van der Waals surface area contributed by atoms with Crippen LogP contribution in [0.1, 0.15) is 18.4 Å². The van der Waals surface area contributed by atoms with E-state index in [-0.39, 0.29) is 5.91 Å². The van der Waals surface area contributed by atoms with Gasteiger partial charge in [0, 0.05) is 31.9 Å². The largest absolute Gasteiger partial charge is 0.491 e. The molecule has 2 N–H and O–H groups in total. The lowest BCUT2D eigenvalue weighted by Crippen LogP contribution is -2.51. The molecule has 114 valence electrons. The Morgan fingerprint density at radius 1 is 1.24 bits per heavy atom. The minimum absolute atomic E-state index is 0.147. The summed E-state index contributed by atoms with van der Waals surface area (Å²) in [4.78, 5) is 14.9. The fourth-order valence-electron chi connectivity index (χ4n) is 3.10. The van der Waals surface area contributed by atoms with E-state index >= 15 is 0 Å². The molecule has 21 heavy (non-hydrogen) atoms. The van der Waals surface area contributed by atoms with Gasteiger partial charge in [-0.3, -0.25) is 4.79 Å². The third-order valence-electron chi connectivity index (χ3n) is 4.53. The highest BCUT2D eigenvalue weighted by Gasteiger charge is 2.41. The Hall–Kier alpha value is -1.59. The molecule has 5 nitrogen and oxygen atoms in total. The first-order valence-corrected chi connectivity index (χ1v) is 7.53. The lowest BCUT2D eigenvalue weighted by Gasteiger charge is -2.38. The zero-order valence-corrected chi connectivity index (χ0v) is 12.2. The molecule has 2 aliphatic rings. The third kappa shape index (κ3) is 2.76. The van der Waals surface area contributed by atoms with E-state index in [0.29, 0.717) is 52.3 Å². The summed E-state index contributed by atoms with van der Waals surface area (Å²) < 4.78 is 11.1. The van der Waals surface area contributed by atoms with E-state index < -0.39 is 5.41 Å². The number of nitrogens with two attached hydrogens (primary N) is 1. The SMILES string of the molecule is NCC1(C(=O)N2CCOc3ccccc3C2)CCOCC1. The second-order valence-corrected chi connectivity index (χ2v) is 5.78. The van der Waals surface area contributed by atoms with Gasteiger partial charge in [-0.25, -0.2) is 0 Å². The Balaban J connectivity index is 1.81. The van der Waals surface area contributed by atoms with E-state index in [1.807, 2.05) is 29.2 Å². The van der Waals surface area contributed by atoms with Gasteiger partial charge in [0.2, 0.25) is 5.91 Å². The predicted molar refractivity (Wildman–Crippen MR) is 78.9 cm³/mol. The monoisotopic (exact) mass is 290 g/mol. The molecule has 0 spiro atoms. The smallest absolute Gasteiger partial charge is 0.230 e. The molecule has 0 bridgehead atoms. The average molecular weight is 290 g/mol. The number of ether oxygens (including phenoxy) is 2. The molecule has 0 radical (unpaired) electrons. The summed E-state index contributed by atoms with van der Waals surface area (Å²) in [6, 6.07) is 7.90. The van der Waals surface area contributed by atoms with E-state index in [0.717, 1.165) is 11.3 Å². The van der Waals surface area contributed by atoms with Crippen LogP contribution < -0.4 is 10.5 Å². The van der Waals surface area contributed by atoms with Crippen LogP contribution in [0.2, 0.25) is 0 Å². The molecule has 2 aliphatic heterocycles. The summed E-state index contributed by atoms with van der Waals surface area (Å²) in [5, 5.41) is 0. The minimum Gasteiger partial charge on any atom is -0.491 e. The van der Waals surface area contributed by atoms with Crippen molar-refractivity contribution in [2.45, 2.75) is 19.4 Å². The van der Waals surface area contributed by atoms with Gasteiger partial charge < -0.3 is 20.1 Å². The maximum atomic E-state index is 13.0. The van der Waals surface area contributed by atoms with Crippen LogP contribution in [0.5, 0.6) is 5.75 Å². The second kappa shape index (κ2) is 6.03. The van der Waals surface area contributed by atoms with E-state index in [1.54, 1.807) is 0 Å². The van der Waals surface area contributed by atoms with Gasteiger partial charge in [0.1, 0.15) is 12.4 Å². The summed E-state index contributed by atoms with van der Waals surface area (Å²) in [6.07, 6.45) is 1.42. The molecular formula is C16H22N2O3. The Labute approximate surface area is 125 Å². The number of nitrogens with zero attached hydrogens (tertiary/aromatic N) is 1. The fourth-order valence-corrected chi connectivity index (χ4v) is 3.10. The number of carbonyl (C=O) groups is 1. The molecule has 0 unspecified atom stereocenters. The van der Waals surface area contributed by atoms with Crippen LogP contribution >= 0.6 is 0 Å². The van der Waals surface area contributed by atoms with Crippen LogP contribution in [0.4, 0.5) is 0 Å². The number of benzene rings is 1. The number of amides is 1. The maximum absolute atomic E-state index is 13.0. The fraction of sp³-hybridized carbons (Fsp3) is 0.562. The van der Waals surface area contributed by atoms with Crippen LogP contribution in [0, 0.1) is 5.41 Å². The van der Waals surface area contributed by atoms with Gasteiger partial charge in [0.25, 0.3) is 0 Å². The number of para-hydroxylation sites is 1. The Bertz CT molecular complexity index is 512. The maximum Gasteiger partial charge on any atom is 0.230 e. The highest BCUT2D eigenvalue weighted by Crippen LogP contribution is 2.33. The third-order valence-corrected chi connectivity index (χ3v) is 4.53. The molecule has 0 aliphatic carbocycles. The number of rotatable bonds is 2. The van der Waals surface area contributed by atoms with Crippen molar-refractivity contribution in [2.75, 3.05) is 32.9 Å². The number of hydrogen-bond acceptors (Lipinski definition) is 4. The van der Waals surface area contributed by atoms with Gasteiger partial charge in [-0.2, -0.15) is 0 Å². The first-order chi connectivity index (χ1) is 10.2. The van der Waals surface area contributed by atoms with Crippen LogP contribution in [-0.2, 0) is 16.1 Å². The van der Waals surface area contributed by atoms with Crippen molar-refractivity contribution in [2.24, 2.45) is 11.1 Å². The van der Waals surface area contributed by atoms with Gasteiger partial charge in [0.15, 0.2) is 0 Å². The number of fused-ring (bicyclic) bond motifs is 1. The van der Waals surface area contributed by atoms with Crippen LogP contribution in [0.3, 0.4) is 0 Å². The van der Waals surface area contributed by atoms with E-state index in [2.05, 4.69) is 0 Å². The average Bonchev–Trinajstić information content (AvgIpc) is 2.77. The quantitative estimate of drug-likeness (QED) is 0.888. The summed E-state index contributed by atoms with van der Waals surface area (Å²) in [5.74, 6) is 1.02. The van der Waals surface area contributed by atoms with Crippen molar-refractivity contribution in [3.63, 3.8) is 0 Å². The topological polar surface area (TPSA) is 64.8 Å². The Morgan fingerprint density at radius 3 is 2.76 bits per heavy atom. The number of carbonyl (C=O) groups excluding carboxylic acids is 1. The standard InChI is InChI=1S/C16H22N2O3/c17-12-16(5-8-20-9-6-16)15(19)18-7-10-21-14-4-2-1-3-13(14)11-18/h1-4H,5-12,17H2. The van der Waals surface area contributed by atoms with Gasteiger partial charge in [-0.15, -0.1) is 0 Å². The lowest BCUT2D eigenvalue weighted by molar-refractivity contribution is -0.148. The summed E-state index contributed by atoms with van der Waals surface area (Å²) in [7, 11) is 0. The zero-order valence-electron chi connectivity index (χ0n) is 12.2. The molecular weight excluding hydrogens is 268 g/mol. The van der Waals surface area contributed by atoms with Crippen molar-refractivity contribution in [3.05, 3.63) is 29.8 Å². The van der Waals surface area contributed by atoms with Crippen LogP contribution in [0.25, 0.3) is 0 Å². The highest BCUT2D eigenvalue weighted by atomic mass is 16.5. The second-order valence-electron chi connectivity index (χ2n) is 5.78. The first-order valence-electron chi connectivity index (χ1n) is 7.53. The molecule has 1 aromatic rings. The van der Waals surface area contributed by atoms with Crippen LogP contribution in [0.15, 0.2) is 24.3 Å². The Kier molecular flexibility index (Phi) is 4.12. The molecule has 1 saturated heterocycles. The van der Waals surface area contributed by atoms with E-state index in [1.165, 1.54) is 0 Å². The van der Waals surface area contributed by atoms with Crippen molar-refractivity contribution >= 4 is 5.91 Å². The van der Waals surface area contributed by atoms with Crippen molar-refractivity contribution in [1.82, 2.24) is 4.90 Å². The molecule has 1 aromatic carbocycles. The molecule has 1 amide bonds. The summed E-state index contributed by atoms with van der Waals surface area (Å²) in [6.45, 7) is 3.34. The predicted octanol–water partition coefficient (Wildman–Crippen LogP) is 1.16. The molecule has 2 heterocycles. The lowest BCUT2D eigenvalue weighted by atomic mass is 9.78. The van der Waals surface area contributed by atoms with Gasteiger partial charge in [-0.05, 0) is 18.9 Å². The molecule has 0 aromatic heterocycles. The van der Waals surface area contributed by atoms with Crippen molar-refractivity contribution in [1.29, 1.82) is 0 Å². The first kappa shape index (κ1) is 14.4. The normalized spacial score (nSPS) is 21.1.